The minimum Gasteiger partial charge on any atom is -0.478 e. The number of anilines is 1. The quantitative estimate of drug-likeness (QED) is 0.642. The summed E-state index contributed by atoms with van der Waals surface area (Å²) in [6.07, 6.45) is -5.25. The van der Waals surface area contributed by atoms with E-state index < -0.39 is 38.5 Å². The minimum atomic E-state index is -5.25. The maximum Gasteiger partial charge on any atom is 0.426 e. The van der Waals surface area contributed by atoms with E-state index in [2.05, 4.69) is 0 Å². The average Bonchev–Trinajstić information content (AvgIpc) is 2.62. The number of carbonyl (C=O) groups is 2. The second kappa shape index (κ2) is 7.65. The highest BCUT2D eigenvalue weighted by atomic mass is 35.5. The summed E-state index contributed by atoms with van der Waals surface area (Å²) in [4.78, 5) is 22.0. The van der Waals surface area contributed by atoms with E-state index in [1.165, 1.54) is 12.1 Å². The van der Waals surface area contributed by atoms with Gasteiger partial charge >= 0.3 is 12.1 Å². The molecule has 0 fully saturated rings. The number of rotatable bonds is 5. The van der Waals surface area contributed by atoms with Crippen LogP contribution in [0.3, 0.4) is 0 Å². The van der Waals surface area contributed by atoms with Crippen molar-refractivity contribution < 1.29 is 41.4 Å². The number of alkyl halides is 3. The molecule has 0 radical (unpaired) electrons. The number of amides is 1. The van der Waals surface area contributed by atoms with Crippen LogP contribution < -0.4 is 5.32 Å². The Morgan fingerprint density at radius 1 is 1.07 bits per heavy atom. The minimum absolute atomic E-state index is 0.254. The van der Waals surface area contributed by atoms with Crippen LogP contribution in [0.5, 0.6) is 0 Å². The second-order valence-corrected chi connectivity index (χ2v) is 8.36. The van der Waals surface area contributed by atoms with E-state index >= 15 is 0 Å². The van der Waals surface area contributed by atoms with E-state index in [-0.39, 0.29) is 28.0 Å². The van der Waals surface area contributed by atoms with Gasteiger partial charge in [0.15, 0.2) is 0 Å². The van der Waals surface area contributed by atoms with E-state index in [0.717, 1.165) is 30.3 Å². The molecule has 156 valence electrons. The normalized spacial score (nSPS) is 14.1. The third-order valence-corrected chi connectivity index (χ3v) is 5.95. The van der Waals surface area contributed by atoms with Crippen molar-refractivity contribution in [2.24, 2.45) is 0 Å². The molecule has 0 aliphatic carbocycles. The molecule has 29 heavy (non-hydrogen) atoms. The topological polar surface area (TPSA) is 121 Å². The van der Waals surface area contributed by atoms with Crippen molar-refractivity contribution in [2.75, 3.05) is 5.32 Å². The Morgan fingerprint density at radius 3 is 2.17 bits per heavy atom. The Labute approximate surface area is 167 Å². The third kappa shape index (κ3) is 4.52. The number of aliphatic hydroxyl groups is 1. The molecule has 1 atom stereocenters. The van der Waals surface area contributed by atoms with Gasteiger partial charge < -0.3 is 15.5 Å². The number of benzene rings is 2. The van der Waals surface area contributed by atoms with E-state index in [0.29, 0.717) is 0 Å². The van der Waals surface area contributed by atoms with Gasteiger partial charge in [0.05, 0.1) is 26.1 Å². The lowest BCUT2D eigenvalue weighted by atomic mass is 10.1. The maximum atomic E-state index is 12.7. The molecule has 12 heteroatoms. The molecule has 0 saturated heterocycles. The highest BCUT2D eigenvalue weighted by molar-refractivity contribution is 7.91. The fourth-order valence-corrected chi connectivity index (χ4v) is 3.69. The SMILES string of the molecule is C[C@@](O)(C(=O)Nc1ccc(S(=O)(=O)c2cccc(C(=O)O)c2)cc1Cl)C(F)(F)F. The number of nitrogens with one attached hydrogen (secondary N) is 1. The summed E-state index contributed by atoms with van der Waals surface area (Å²) in [7, 11) is -4.20. The zero-order valence-corrected chi connectivity index (χ0v) is 16.1. The highest BCUT2D eigenvalue weighted by Gasteiger charge is 2.55. The van der Waals surface area contributed by atoms with Gasteiger partial charge in [-0.3, -0.25) is 4.79 Å². The lowest BCUT2D eigenvalue weighted by Crippen LogP contribution is -2.52. The zero-order valence-electron chi connectivity index (χ0n) is 14.5. The Morgan fingerprint density at radius 2 is 1.66 bits per heavy atom. The molecule has 2 aromatic carbocycles. The standard InChI is InChI=1S/C17H13ClF3NO6S/c1-16(26,17(19,20)21)15(25)22-13-6-5-11(8-12(13)18)29(27,28)10-4-2-3-9(7-10)14(23)24/h2-8,26H,1H3,(H,22,25)(H,23,24)/t16-/m1/s1. The largest absolute Gasteiger partial charge is 0.478 e. The van der Waals surface area contributed by atoms with Crippen LogP contribution in [0, 0.1) is 0 Å². The molecule has 0 bridgehead atoms. The second-order valence-electron chi connectivity index (χ2n) is 6.00. The number of carboxylic acids is 1. The molecule has 3 N–H and O–H groups in total. The molecule has 0 saturated carbocycles. The van der Waals surface area contributed by atoms with Crippen molar-refractivity contribution in [2.45, 2.75) is 28.5 Å². The number of hydrogen-bond acceptors (Lipinski definition) is 5. The summed E-state index contributed by atoms with van der Waals surface area (Å²) in [6.45, 7) is 0.254. The van der Waals surface area contributed by atoms with Crippen LogP contribution in [0.2, 0.25) is 5.02 Å². The van der Waals surface area contributed by atoms with E-state index in [1.807, 2.05) is 0 Å². The molecule has 0 spiro atoms. The molecular formula is C17H13ClF3NO6S. The van der Waals surface area contributed by atoms with Crippen molar-refractivity contribution in [3.8, 4) is 0 Å². The van der Waals surface area contributed by atoms with Crippen LogP contribution in [0.1, 0.15) is 17.3 Å². The fraction of sp³-hybridized carbons (Fsp3) is 0.176. The van der Waals surface area contributed by atoms with Crippen molar-refractivity contribution in [1.29, 1.82) is 0 Å². The van der Waals surface area contributed by atoms with Crippen LogP contribution in [0.15, 0.2) is 52.3 Å². The first kappa shape index (κ1) is 22.7. The molecule has 7 nitrogen and oxygen atoms in total. The monoisotopic (exact) mass is 451 g/mol. The number of sulfone groups is 1. The van der Waals surface area contributed by atoms with Gasteiger partial charge in [-0.05, 0) is 43.3 Å². The zero-order chi connectivity index (χ0) is 22.2. The van der Waals surface area contributed by atoms with Crippen molar-refractivity contribution in [3.63, 3.8) is 0 Å². The molecule has 0 aliphatic rings. The van der Waals surface area contributed by atoms with Crippen LogP contribution in [-0.4, -0.2) is 42.3 Å². The Balaban J connectivity index is 2.37. The number of carbonyl (C=O) groups excluding carboxylic acids is 1. The Hall–Kier alpha value is -2.63. The summed E-state index contributed by atoms with van der Waals surface area (Å²) in [5.41, 5.74) is -4.33. The Bertz CT molecular complexity index is 1080. The summed E-state index contributed by atoms with van der Waals surface area (Å²) >= 11 is 5.88. The Kier molecular flexibility index (Phi) is 5.98. The average molecular weight is 452 g/mol. The predicted octanol–water partition coefficient (Wildman–Crippen LogP) is 3.12. The number of carboxylic acid groups (broad SMARTS) is 1. The molecule has 0 aliphatic heterocycles. The van der Waals surface area contributed by atoms with Gasteiger partial charge in [-0.2, -0.15) is 13.2 Å². The molecule has 0 heterocycles. The van der Waals surface area contributed by atoms with Crippen LogP contribution in [-0.2, 0) is 14.6 Å². The van der Waals surface area contributed by atoms with E-state index in [4.69, 9.17) is 16.7 Å². The highest BCUT2D eigenvalue weighted by Crippen LogP contribution is 2.33. The van der Waals surface area contributed by atoms with Gasteiger partial charge in [0, 0.05) is 0 Å². The molecule has 0 aromatic heterocycles. The van der Waals surface area contributed by atoms with Gasteiger partial charge in [0.2, 0.25) is 15.4 Å². The molecule has 1 amide bonds. The van der Waals surface area contributed by atoms with Gasteiger partial charge in [-0.15, -0.1) is 0 Å². The van der Waals surface area contributed by atoms with Crippen LogP contribution in [0.25, 0.3) is 0 Å². The smallest absolute Gasteiger partial charge is 0.426 e. The van der Waals surface area contributed by atoms with E-state index in [1.54, 1.807) is 5.32 Å². The van der Waals surface area contributed by atoms with Crippen molar-refractivity contribution in [3.05, 3.63) is 53.1 Å². The number of aromatic carboxylic acids is 1. The molecular weight excluding hydrogens is 439 g/mol. The van der Waals surface area contributed by atoms with Crippen LogP contribution in [0.4, 0.5) is 18.9 Å². The summed E-state index contributed by atoms with van der Waals surface area (Å²) in [6, 6.07) is 7.30. The number of hydrogen-bond donors (Lipinski definition) is 3. The molecule has 0 unspecified atom stereocenters. The summed E-state index contributed by atoms with van der Waals surface area (Å²) in [5, 5.41) is 19.7. The van der Waals surface area contributed by atoms with Crippen molar-refractivity contribution in [1.82, 2.24) is 0 Å². The van der Waals surface area contributed by atoms with Gasteiger partial charge in [-0.1, -0.05) is 17.7 Å². The van der Waals surface area contributed by atoms with Gasteiger partial charge in [0.1, 0.15) is 0 Å². The first-order valence-corrected chi connectivity index (χ1v) is 9.52. The van der Waals surface area contributed by atoms with Gasteiger partial charge in [-0.25, -0.2) is 13.2 Å². The van der Waals surface area contributed by atoms with Crippen LogP contribution >= 0.6 is 11.6 Å². The first-order chi connectivity index (χ1) is 13.2. The lowest BCUT2D eigenvalue weighted by Gasteiger charge is -2.25. The van der Waals surface area contributed by atoms with E-state index in [9.17, 15) is 36.3 Å². The fourth-order valence-electron chi connectivity index (χ4n) is 2.07. The molecule has 2 rings (SSSR count). The third-order valence-electron chi connectivity index (χ3n) is 3.88. The molecule has 2 aromatic rings. The van der Waals surface area contributed by atoms with Gasteiger partial charge in [0.25, 0.3) is 5.91 Å². The lowest BCUT2D eigenvalue weighted by molar-refractivity contribution is -0.242. The first-order valence-electron chi connectivity index (χ1n) is 7.66. The maximum absolute atomic E-state index is 12.7. The summed E-state index contributed by atoms with van der Waals surface area (Å²) in [5.74, 6) is -3.15. The van der Waals surface area contributed by atoms with Crippen molar-refractivity contribution >= 4 is 39.0 Å². The predicted molar refractivity (Wildman–Crippen MR) is 95.6 cm³/mol. The number of halogens is 4. The summed E-state index contributed by atoms with van der Waals surface area (Å²) < 4.78 is 63.5.